The van der Waals surface area contributed by atoms with Gasteiger partial charge in [0.2, 0.25) is 5.91 Å². The number of likely N-dealkylation sites (tertiary alicyclic amines) is 1. The number of carbonyl (C=O) groups excluding carboxylic acids is 2. The van der Waals surface area contributed by atoms with Gasteiger partial charge in [0, 0.05) is 30.7 Å². The zero-order chi connectivity index (χ0) is 25.4. The van der Waals surface area contributed by atoms with E-state index in [4.69, 9.17) is 0 Å². The Bertz CT molecular complexity index is 1060. The number of benzene rings is 2. The fourth-order valence-corrected chi connectivity index (χ4v) is 5.33. The highest BCUT2D eigenvalue weighted by molar-refractivity contribution is 5.97. The molecule has 188 valence electrons. The zero-order valence-corrected chi connectivity index (χ0v) is 19.1. The molecule has 2 fully saturated rings. The summed E-state index contributed by atoms with van der Waals surface area (Å²) in [6.45, 7) is 3.01. The minimum atomic E-state index is -5.08. The topological polar surface area (TPSA) is 52.7 Å². The molecule has 10 heteroatoms. The van der Waals surface area contributed by atoms with E-state index in [-0.39, 0.29) is 29.9 Å². The molecule has 2 aliphatic rings. The quantitative estimate of drug-likeness (QED) is 0.632. The summed E-state index contributed by atoms with van der Waals surface area (Å²) < 4.78 is 66.7. The second-order valence-corrected chi connectivity index (χ2v) is 9.27. The Hall–Kier alpha value is -3.01. The van der Waals surface area contributed by atoms with Crippen molar-refractivity contribution in [3.05, 3.63) is 65.7 Å². The van der Waals surface area contributed by atoms with Crippen LogP contribution in [0.15, 0.2) is 48.5 Å². The Morgan fingerprint density at radius 2 is 1.60 bits per heavy atom. The highest BCUT2D eigenvalue weighted by Crippen LogP contribution is 2.47. The van der Waals surface area contributed by atoms with Crippen LogP contribution in [-0.4, -0.2) is 55.1 Å². The molecule has 2 amide bonds. The van der Waals surface area contributed by atoms with Crippen molar-refractivity contribution in [3.63, 3.8) is 0 Å². The lowest BCUT2D eigenvalue weighted by atomic mass is 9.68. The van der Waals surface area contributed by atoms with Gasteiger partial charge in [-0.05, 0) is 74.8 Å². The second-order valence-electron chi connectivity index (χ2n) is 9.27. The van der Waals surface area contributed by atoms with Crippen LogP contribution in [0.4, 0.5) is 27.6 Å². The highest BCUT2D eigenvalue weighted by Gasteiger charge is 2.52. The van der Waals surface area contributed by atoms with Gasteiger partial charge in [-0.25, -0.2) is 8.78 Å². The summed E-state index contributed by atoms with van der Waals surface area (Å²) in [4.78, 5) is 27.6. The van der Waals surface area contributed by atoms with Crippen molar-refractivity contribution in [2.45, 2.75) is 37.9 Å². The van der Waals surface area contributed by atoms with Crippen LogP contribution in [0.5, 0.6) is 0 Å². The van der Waals surface area contributed by atoms with Crippen LogP contribution in [0.2, 0.25) is 0 Å². The van der Waals surface area contributed by atoms with Crippen molar-refractivity contribution in [2.75, 3.05) is 31.1 Å². The Labute approximate surface area is 199 Å². The number of piperidine rings is 1. The van der Waals surface area contributed by atoms with Gasteiger partial charge in [-0.1, -0.05) is 12.1 Å². The number of nitrogens with one attached hydrogen (secondary N) is 1. The van der Waals surface area contributed by atoms with Crippen LogP contribution in [-0.2, 0) is 9.59 Å². The first kappa shape index (κ1) is 25.1. The lowest BCUT2D eigenvalue weighted by molar-refractivity contribution is -0.171. The standard InChI is InChI=1S/C25H26F5N3O2/c1-16(33(23(35)25(28,29)30)20-8-6-19(27)7-9-20)15-32-12-10-24(11-13-32)21(14-31-22(24)34)17-2-4-18(26)5-3-17/h2-9,16,21H,10-15H2,1H3,(H,31,34)/t16-,21+/m0/s1. The Morgan fingerprint density at radius 1 is 1.06 bits per heavy atom. The highest BCUT2D eigenvalue weighted by atomic mass is 19.4. The van der Waals surface area contributed by atoms with E-state index in [2.05, 4.69) is 5.32 Å². The third-order valence-electron chi connectivity index (χ3n) is 7.14. The molecule has 2 aliphatic heterocycles. The van der Waals surface area contributed by atoms with Crippen LogP contribution in [0.1, 0.15) is 31.2 Å². The fraction of sp³-hybridized carbons (Fsp3) is 0.440. The number of carbonyl (C=O) groups is 2. The summed E-state index contributed by atoms with van der Waals surface area (Å²) in [7, 11) is 0. The molecular formula is C25H26F5N3O2. The predicted molar refractivity (Wildman–Crippen MR) is 120 cm³/mol. The average Bonchev–Trinajstić information content (AvgIpc) is 3.12. The molecule has 35 heavy (non-hydrogen) atoms. The van der Waals surface area contributed by atoms with Gasteiger partial charge in [0.25, 0.3) is 0 Å². The number of rotatable bonds is 5. The Morgan fingerprint density at radius 3 is 2.14 bits per heavy atom. The molecule has 1 N–H and O–H groups in total. The third kappa shape index (κ3) is 5.03. The van der Waals surface area contributed by atoms with E-state index in [1.165, 1.54) is 19.1 Å². The first-order valence-corrected chi connectivity index (χ1v) is 11.4. The molecule has 2 saturated heterocycles. The van der Waals surface area contributed by atoms with Crippen molar-refractivity contribution in [2.24, 2.45) is 5.41 Å². The number of alkyl halides is 3. The smallest absolute Gasteiger partial charge is 0.355 e. The van der Waals surface area contributed by atoms with E-state index in [9.17, 15) is 31.5 Å². The predicted octanol–water partition coefficient (Wildman–Crippen LogP) is 4.24. The molecule has 0 aliphatic carbocycles. The molecule has 0 bridgehead atoms. The van der Waals surface area contributed by atoms with E-state index in [1.807, 2.05) is 4.90 Å². The van der Waals surface area contributed by atoms with Gasteiger partial charge < -0.3 is 15.1 Å². The zero-order valence-electron chi connectivity index (χ0n) is 19.1. The van der Waals surface area contributed by atoms with Crippen LogP contribution in [0.25, 0.3) is 0 Å². The molecule has 5 nitrogen and oxygen atoms in total. The molecule has 2 aromatic rings. The maximum absolute atomic E-state index is 13.4. The van der Waals surface area contributed by atoms with E-state index in [0.717, 1.165) is 29.8 Å². The third-order valence-corrected chi connectivity index (χ3v) is 7.14. The van der Waals surface area contributed by atoms with Gasteiger partial charge in [-0.3, -0.25) is 9.59 Å². The summed E-state index contributed by atoms with van der Waals surface area (Å²) in [6.07, 6.45) is -4.12. The van der Waals surface area contributed by atoms with Gasteiger partial charge in [0.15, 0.2) is 0 Å². The van der Waals surface area contributed by atoms with E-state index >= 15 is 0 Å². The molecular weight excluding hydrogens is 469 g/mol. The molecule has 2 heterocycles. The Balaban J connectivity index is 1.48. The van der Waals surface area contributed by atoms with Crippen LogP contribution < -0.4 is 10.2 Å². The molecule has 2 atom stereocenters. The molecule has 2 aromatic carbocycles. The van der Waals surface area contributed by atoms with Crippen molar-refractivity contribution in [1.29, 1.82) is 0 Å². The number of halogens is 5. The van der Waals surface area contributed by atoms with E-state index in [0.29, 0.717) is 37.4 Å². The normalized spacial score (nSPS) is 21.1. The fourth-order valence-electron chi connectivity index (χ4n) is 5.33. The number of anilines is 1. The first-order valence-electron chi connectivity index (χ1n) is 11.4. The SMILES string of the molecule is C[C@@H](CN1CCC2(CC1)C(=O)NC[C@@H]2c1ccc(F)cc1)N(C(=O)C(F)(F)F)c1ccc(F)cc1. The van der Waals surface area contributed by atoms with Crippen molar-refractivity contribution >= 4 is 17.5 Å². The molecule has 0 aromatic heterocycles. The molecule has 0 unspecified atom stereocenters. The van der Waals surface area contributed by atoms with Crippen molar-refractivity contribution in [1.82, 2.24) is 10.2 Å². The Kier molecular flexibility index (Phi) is 6.86. The van der Waals surface area contributed by atoms with Crippen LogP contribution >= 0.6 is 0 Å². The summed E-state index contributed by atoms with van der Waals surface area (Å²) in [5.41, 5.74) is 0.154. The lowest BCUT2D eigenvalue weighted by Crippen LogP contribution is -2.53. The number of nitrogens with zero attached hydrogens (tertiary/aromatic N) is 2. The van der Waals surface area contributed by atoms with Crippen LogP contribution in [0.3, 0.4) is 0 Å². The lowest BCUT2D eigenvalue weighted by Gasteiger charge is -2.42. The summed E-state index contributed by atoms with van der Waals surface area (Å²) in [6, 6.07) is 9.56. The minimum absolute atomic E-state index is 0.0405. The number of amides is 2. The summed E-state index contributed by atoms with van der Waals surface area (Å²) in [5, 5.41) is 2.91. The van der Waals surface area contributed by atoms with Gasteiger partial charge in [-0.15, -0.1) is 0 Å². The molecule has 0 saturated carbocycles. The van der Waals surface area contributed by atoms with E-state index in [1.54, 1.807) is 12.1 Å². The maximum Gasteiger partial charge on any atom is 0.471 e. The summed E-state index contributed by atoms with van der Waals surface area (Å²) in [5.74, 6) is -3.19. The number of hydrogen-bond donors (Lipinski definition) is 1. The maximum atomic E-state index is 13.4. The molecule has 1 spiro atoms. The van der Waals surface area contributed by atoms with Gasteiger partial charge in [0.1, 0.15) is 11.6 Å². The minimum Gasteiger partial charge on any atom is -0.355 e. The van der Waals surface area contributed by atoms with Gasteiger partial charge >= 0.3 is 12.1 Å². The summed E-state index contributed by atoms with van der Waals surface area (Å²) >= 11 is 0. The second kappa shape index (κ2) is 9.56. The molecule has 0 radical (unpaired) electrons. The van der Waals surface area contributed by atoms with Gasteiger partial charge in [-0.2, -0.15) is 13.2 Å². The largest absolute Gasteiger partial charge is 0.471 e. The average molecular weight is 495 g/mol. The molecule has 4 rings (SSSR count). The monoisotopic (exact) mass is 495 g/mol. The van der Waals surface area contributed by atoms with Crippen molar-refractivity contribution < 1.29 is 31.5 Å². The van der Waals surface area contributed by atoms with E-state index < -0.39 is 29.4 Å². The van der Waals surface area contributed by atoms with Crippen LogP contribution in [0, 0.1) is 17.0 Å². The van der Waals surface area contributed by atoms with Crippen molar-refractivity contribution in [3.8, 4) is 0 Å². The van der Waals surface area contributed by atoms with Gasteiger partial charge in [0.05, 0.1) is 5.41 Å². The number of hydrogen-bond acceptors (Lipinski definition) is 3. The first-order chi connectivity index (χ1) is 16.5.